The van der Waals surface area contributed by atoms with Gasteiger partial charge in [-0.3, -0.25) is 14.4 Å². The standard InChI is InChI=1S/C26H31N5O4/c1-35-22-6-2-5-20-19(22)13-21(30-20)26(34)31-18-9-7-15(8-10-18)23(31)25(33)29-17(14-27)12-16-4-3-11-28-24(16)32/h2,5-6,13,15-18,23,30H,3-4,7-12H2,1H3,(H,28,32)(H,29,33). The molecular formula is C26H31N5O4. The van der Waals surface area contributed by atoms with Crippen LogP contribution in [0.4, 0.5) is 0 Å². The molecule has 3 unspecified atom stereocenters. The fourth-order valence-corrected chi connectivity index (χ4v) is 6.09. The number of amides is 3. The van der Waals surface area contributed by atoms with Crippen molar-refractivity contribution in [3.8, 4) is 11.8 Å². The molecule has 0 radical (unpaired) electrons. The first kappa shape index (κ1) is 23.2. The Morgan fingerprint density at radius 2 is 2.06 bits per heavy atom. The Labute approximate surface area is 204 Å². The number of fused-ring (bicyclic) bond motifs is 4. The van der Waals surface area contributed by atoms with Crippen molar-refractivity contribution in [3.05, 3.63) is 30.0 Å². The van der Waals surface area contributed by atoms with Crippen molar-refractivity contribution in [2.75, 3.05) is 13.7 Å². The maximum absolute atomic E-state index is 13.7. The van der Waals surface area contributed by atoms with E-state index >= 15 is 0 Å². The lowest BCUT2D eigenvalue weighted by molar-refractivity contribution is -0.134. The number of nitrogens with one attached hydrogen (secondary N) is 3. The average molecular weight is 478 g/mol. The van der Waals surface area contributed by atoms with E-state index in [1.54, 1.807) is 18.1 Å². The average Bonchev–Trinajstić information content (AvgIpc) is 3.33. The maximum atomic E-state index is 13.7. The Morgan fingerprint density at radius 1 is 1.26 bits per heavy atom. The molecule has 0 spiro atoms. The van der Waals surface area contributed by atoms with Gasteiger partial charge in [0.15, 0.2) is 0 Å². The summed E-state index contributed by atoms with van der Waals surface area (Å²) in [5.74, 6) is -0.123. The van der Waals surface area contributed by atoms with Crippen LogP contribution >= 0.6 is 0 Å². The third kappa shape index (κ3) is 4.33. The summed E-state index contributed by atoms with van der Waals surface area (Å²) in [6.45, 7) is 0.654. The SMILES string of the molecule is COc1cccc2[nH]c(C(=O)N3C4CCC(CC4)C3C(=O)NC(C#N)CC3CCCNC3=O)cc12. The molecule has 1 aromatic carbocycles. The minimum Gasteiger partial charge on any atom is -0.496 e. The summed E-state index contributed by atoms with van der Waals surface area (Å²) >= 11 is 0. The highest BCUT2D eigenvalue weighted by molar-refractivity contribution is 6.02. The third-order valence-corrected chi connectivity index (χ3v) is 7.85. The molecule has 9 heteroatoms. The van der Waals surface area contributed by atoms with Gasteiger partial charge >= 0.3 is 0 Å². The van der Waals surface area contributed by atoms with Gasteiger partial charge in [-0.2, -0.15) is 5.26 Å². The molecule has 3 N–H and O–H groups in total. The molecule has 184 valence electrons. The van der Waals surface area contributed by atoms with Crippen LogP contribution in [0.1, 0.15) is 55.4 Å². The second-order valence-corrected chi connectivity index (χ2v) is 9.89. The van der Waals surface area contributed by atoms with Crippen LogP contribution in [0.5, 0.6) is 5.75 Å². The molecule has 2 bridgehead atoms. The van der Waals surface area contributed by atoms with Gasteiger partial charge in [0, 0.05) is 29.4 Å². The van der Waals surface area contributed by atoms with Gasteiger partial charge in [0.05, 0.1) is 13.2 Å². The molecule has 3 aliphatic heterocycles. The maximum Gasteiger partial charge on any atom is 0.271 e. The highest BCUT2D eigenvalue weighted by Gasteiger charge is 2.48. The van der Waals surface area contributed by atoms with Crippen molar-refractivity contribution < 1.29 is 19.1 Å². The lowest BCUT2D eigenvalue weighted by Crippen LogP contribution is -2.63. The Hall–Kier alpha value is -3.54. The Balaban J connectivity index is 1.37. The van der Waals surface area contributed by atoms with E-state index in [-0.39, 0.29) is 42.0 Å². The van der Waals surface area contributed by atoms with Crippen molar-refractivity contribution in [2.45, 2.75) is 63.1 Å². The summed E-state index contributed by atoms with van der Waals surface area (Å²) in [5, 5.41) is 16.2. The van der Waals surface area contributed by atoms with Crippen LogP contribution in [0.2, 0.25) is 0 Å². The predicted molar refractivity (Wildman–Crippen MR) is 128 cm³/mol. The number of carbonyl (C=O) groups is 3. The molecule has 4 aliphatic rings. The highest BCUT2D eigenvalue weighted by Crippen LogP contribution is 2.41. The van der Waals surface area contributed by atoms with Crippen molar-refractivity contribution in [2.24, 2.45) is 11.8 Å². The van der Waals surface area contributed by atoms with E-state index in [2.05, 4.69) is 21.7 Å². The number of methoxy groups -OCH3 is 1. The smallest absolute Gasteiger partial charge is 0.271 e. The number of hydrogen-bond acceptors (Lipinski definition) is 5. The monoisotopic (exact) mass is 477 g/mol. The summed E-state index contributed by atoms with van der Waals surface area (Å²) in [4.78, 5) is 44.3. The van der Waals surface area contributed by atoms with Crippen LogP contribution < -0.4 is 15.4 Å². The van der Waals surface area contributed by atoms with Crippen molar-refractivity contribution in [3.63, 3.8) is 0 Å². The van der Waals surface area contributed by atoms with Gasteiger partial charge in [-0.25, -0.2) is 0 Å². The molecule has 2 aromatic rings. The van der Waals surface area contributed by atoms with Crippen LogP contribution in [0.25, 0.3) is 10.9 Å². The summed E-state index contributed by atoms with van der Waals surface area (Å²) in [5.41, 5.74) is 1.22. The van der Waals surface area contributed by atoms with Crippen molar-refractivity contribution >= 4 is 28.6 Å². The number of benzene rings is 1. The second kappa shape index (κ2) is 9.61. The molecule has 4 fully saturated rings. The number of nitriles is 1. The predicted octanol–water partition coefficient (Wildman–Crippen LogP) is 2.48. The first-order valence-electron chi connectivity index (χ1n) is 12.5. The van der Waals surface area contributed by atoms with Gasteiger partial charge in [-0.05, 0) is 69.1 Å². The van der Waals surface area contributed by atoms with Crippen LogP contribution in [0.15, 0.2) is 24.3 Å². The zero-order valence-corrected chi connectivity index (χ0v) is 19.9. The Kier molecular flexibility index (Phi) is 6.37. The van der Waals surface area contributed by atoms with Gasteiger partial charge in [0.25, 0.3) is 5.91 Å². The molecule has 9 nitrogen and oxygen atoms in total. The molecule has 3 amide bonds. The fraction of sp³-hybridized carbons (Fsp3) is 0.538. The minimum absolute atomic E-state index is 0.0128. The number of piperidine rings is 3. The lowest BCUT2D eigenvalue weighted by atomic mass is 9.74. The Morgan fingerprint density at radius 3 is 2.77 bits per heavy atom. The van der Waals surface area contributed by atoms with Crippen LogP contribution in [-0.4, -0.2) is 59.4 Å². The number of rotatable bonds is 6. The van der Waals surface area contributed by atoms with E-state index in [4.69, 9.17) is 4.74 Å². The van der Waals surface area contributed by atoms with Crippen molar-refractivity contribution in [1.29, 1.82) is 5.26 Å². The molecule has 6 rings (SSSR count). The van der Waals surface area contributed by atoms with E-state index in [1.165, 1.54) is 0 Å². The number of aromatic nitrogens is 1. The number of carbonyl (C=O) groups excluding carboxylic acids is 3. The number of ether oxygens (including phenoxy) is 1. The molecule has 1 aromatic heterocycles. The molecule has 3 saturated heterocycles. The zero-order chi connectivity index (χ0) is 24.5. The van der Waals surface area contributed by atoms with Crippen LogP contribution in [-0.2, 0) is 9.59 Å². The molecular weight excluding hydrogens is 446 g/mol. The summed E-state index contributed by atoms with van der Waals surface area (Å²) in [6, 6.07) is 8.12. The van der Waals surface area contributed by atoms with Crippen molar-refractivity contribution in [1.82, 2.24) is 20.5 Å². The highest BCUT2D eigenvalue weighted by atomic mass is 16.5. The van der Waals surface area contributed by atoms with Gasteiger partial charge in [-0.1, -0.05) is 6.07 Å². The number of aromatic amines is 1. The molecule has 1 saturated carbocycles. The fourth-order valence-electron chi connectivity index (χ4n) is 6.09. The molecule has 35 heavy (non-hydrogen) atoms. The summed E-state index contributed by atoms with van der Waals surface area (Å²) in [7, 11) is 1.59. The van der Waals surface area contributed by atoms with E-state index in [9.17, 15) is 19.6 Å². The molecule has 4 heterocycles. The summed E-state index contributed by atoms with van der Waals surface area (Å²) in [6.07, 6.45) is 5.37. The van der Waals surface area contributed by atoms with Gasteiger partial charge in [-0.15, -0.1) is 0 Å². The first-order chi connectivity index (χ1) is 17.0. The van der Waals surface area contributed by atoms with Gasteiger partial charge in [0.2, 0.25) is 11.8 Å². The van der Waals surface area contributed by atoms with E-state index in [0.29, 0.717) is 24.4 Å². The quantitative estimate of drug-likeness (QED) is 0.589. The zero-order valence-electron chi connectivity index (χ0n) is 19.9. The number of nitrogens with zero attached hydrogens (tertiary/aromatic N) is 2. The summed E-state index contributed by atoms with van der Waals surface area (Å²) < 4.78 is 5.43. The van der Waals surface area contributed by atoms with E-state index in [1.807, 2.05) is 18.2 Å². The molecule has 1 aliphatic carbocycles. The number of H-pyrrole nitrogens is 1. The van der Waals surface area contributed by atoms with Gasteiger partial charge in [0.1, 0.15) is 23.5 Å². The largest absolute Gasteiger partial charge is 0.496 e. The number of hydrogen-bond donors (Lipinski definition) is 3. The van der Waals surface area contributed by atoms with Gasteiger partial charge < -0.3 is 25.3 Å². The van der Waals surface area contributed by atoms with E-state index < -0.39 is 12.1 Å². The van der Waals surface area contributed by atoms with E-state index in [0.717, 1.165) is 43.0 Å². The second-order valence-electron chi connectivity index (χ2n) is 9.89. The lowest BCUT2D eigenvalue weighted by Gasteiger charge is -2.50. The third-order valence-electron chi connectivity index (χ3n) is 7.85. The minimum atomic E-state index is -0.772. The topological polar surface area (TPSA) is 127 Å². The Bertz CT molecular complexity index is 1180. The van der Waals surface area contributed by atoms with Crippen LogP contribution in [0.3, 0.4) is 0 Å². The normalized spacial score (nSPS) is 26.6. The van der Waals surface area contributed by atoms with Crippen LogP contribution in [0, 0.1) is 23.2 Å². The molecule has 3 atom stereocenters. The first-order valence-corrected chi connectivity index (χ1v) is 12.5.